The van der Waals surface area contributed by atoms with Gasteiger partial charge < -0.3 is 5.11 Å². The Labute approximate surface area is 131 Å². The highest BCUT2D eigenvalue weighted by atomic mass is 32.2. The summed E-state index contributed by atoms with van der Waals surface area (Å²) in [7, 11) is -3.88. The number of unbranched alkanes of at least 4 members (excludes halogenated alkanes) is 7. The molecule has 0 aromatic heterocycles. The van der Waals surface area contributed by atoms with E-state index in [-0.39, 0.29) is 6.10 Å². The van der Waals surface area contributed by atoms with Crippen molar-refractivity contribution in [2.75, 3.05) is 0 Å². The molecule has 2 N–H and O–H groups in total. The summed E-state index contributed by atoms with van der Waals surface area (Å²) in [5.41, 5.74) is 0. The Morgan fingerprint density at radius 3 is 1.76 bits per heavy atom. The van der Waals surface area contributed by atoms with E-state index in [1.165, 1.54) is 39.0 Å². The molecule has 0 rings (SSSR count). The zero-order valence-corrected chi connectivity index (χ0v) is 14.6. The maximum Gasteiger partial charge on any atom is 0.267 e. The van der Waals surface area contributed by atoms with Crippen LogP contribution in [0.4, 0.5) is 0 Å². The molecule has 2 unspecified atom stereocenters. The summed E-state index contributed by atoms with van der Waals surface area (Å²) in [5, 5.41) is 9.18. The Bertz CT molecular complexity index is 327. The van der Waals surface area contributed by atoms with Crippen molar-refractivity contribution in [3.05, 3.63) is 0 Å². The molecule has 0 saturated heterocycles. The molecule has 0 aromatic rings. The van der Waals surface area contributed by atoms with Gasteiger partial charge >= 0.3 is 0 Å². The maximum atomic E-state index is 10.8. The van der Waals surface area contributed by atoms with Gasteiger partial charge in [-0.05, 0) is 26.2 Å². The normalized spacial score (nSPS) is 15.0. The van der Waals surface area contributed by atoms with Crippen molar-refractivity contribution in [3.8, 4) is 0 Å². The predicted molar refractivity (Wildman–Crippen MR) is 88.1 cm³/mol. The topological polar surface area (TPSA) is 74.6 Å². The van der Waals surface area contributed by atoms with Crippen molar-refractivity contribution in [3.63, 3.8) is 0 Å². The van der Waals surface area contributed by atoms with Gasteiger partial charge in [-0.2, -0.15) is 8.42 Å². The Morgan fingerprint density at radius 1 is 0.810 bits per heavy atom. The molecule has 5 heteroatoms. The lowest BCUT2D eigenvalue weighted by Crippen LogP contribution is -2.16. The summed E-state index contributed by atoms with van der Waals surface area (Å²) in [4.78, 5) is 0. The summed E-state index contributed by atoms with van der Waals surface area (Å²) in [5.74, 6) is 0. The predicted octanol–water partition coefficient (Wildman–Crippen LogP) is 4.32. The van der Waals surface area contributed by atoms with Crippen molar-refractivity contribution in [1.29, 1.82) is 0 Å². The summed E-state index contributed by atoms with van der Waals surface area (Å²) in [6.07, 6.45) is 12.0. The molecule has 0 amide bonds. The van der Waals surface area contributed by atoms with Crippen LogP contribution in [0.15, 0.2) is 0 Å². The van der Waals surface area contributed by atoms with E-state index in [1.807, 2.05) is 0 Å². The van der Waals surface area contributed by atoms with E-state index in [0.29, 0.717) is 6.42 Å². The minimum absolute atomic E-state index is 0.213. The Kier molecular flexibility index (Phi) is 12.3. The van der Waals surface area contributed by atoms with Gasteiger partial charge in [0, 0.05) is 0 Å². The Balaban J connectivity index is 3.40. The molecule has 0 bridgehead atoms. The molecule has 0 aliphatic heterocycles. The van der Waals surface area contributed by atoms with Crippen LogP contribution in [0, 0.1) is 0 Å². The third-order valence-electron chi connectivity index (χ3n) is 4.05. The molecule has 2 atom stereocenters. The molecule has 0 saturated carbocycles. The van der Waals surface area contributed by atoms with Gasteiger partial charge in [-0.3, -0.25) is 4.55 Å². The highest BCUT2D eigenvalue weighted by Gasteiger charge is 2.16. The lowest BCUT2D eigenvalue weighted by atomic mass is 10.0. The van der Waals surface area contributed by atoms with Crippen LogP contribution in [-0.2, 0) is 10.1 Å². The van der Waals surface area contributed by atoms with E-state index in [1.54, 1.807) is 0 Å². The first-order valence-electron chi connectivity index (χ1n) is 8.52. The average Bonchev–Trinajstić information content (AvgIpc) is 2.41. The highest BCUT2D eigenvalue weighted by molar-refractivity contribution is 7.86. The zero-order chi connectivity index (χ0) is 16.1. The van der Waals surface area contributed by atoms with Gasteiger partial charge in [0.2, 0.25) is 0 Å². The number of hydrogen-bond donors (Lipinski definition) is 2. The van der Waals surface area contributed by atoms with Crippen molar-refractivity contribution >= 4 is 10.1 Å². The van der Waals surface area contributed by atoms with Gasteiger partial charge in [-0.25, -0.2) is 0 Å². The largest absolute Gasteiger partial charge is 0.393 e. The molecule has 4 nitrogen and oxygen atoms in total. The van der Waals surface area contributed by atoms with E-state index in [4.69, 9.17) is 4.55 Å². The first-order chi connectivity index (χ1) is 9.88. The third kappa shape index (κ3) is 13.3. The molecule has 0 aliphatic carbocycles. The first-order valence-corrected chi connectivity index (χ1v) is 10.0. The molecular weight excluding hydrogens is 288 g/mol. The highest BCUT2D eigenvalue weighted by Crippen LogP contribution is 2.15. The van der Waals surface area contributed by atoms with Crippen LogP contribution in [0.5, 0.6) is 0 Å². The minimum atomic E-state index is -3.88. The SMILES string of the molecule is CCCCCCCCC(O)CCCCCC(C)S(=O)(=O)O. The monoisotopic (exact) mass is 322 g/mol. The molecule has 21 heavy (non-hydrogen) atoms. The quantitative estimate of drug-likeness (QED) is 0.369. The number of aliphatic hydroxyl groups is 1. The zero-order valence-electron chi connectivity index (χ0n) is 13.8. The van der Waals surface area contributed by atoms with Gasteiger partial charge in [0.1, 0.15) is 0 Å². The molecule has 0 spiro atoms. The van der Waals surface area contributed by atoms with Gasteiger partial charge in [0.05, 0.1) is 11.4 Å². The van der Waals surface area contributed by atoms with E-state index in [0.717, 1.165) is 38.5 Å². The molecule has 128 valence electrons. The molecule has 0 aliphatic rings. The van der Waals surface area contributed by atoms with Crippen LogP contribution in [0.25, 0.3) is 0 Å². The number of hydrogen-bond acceptors (Lipinski definition) is 3. The van der Waals surface area contributed by atoms with Crippen LogP contribution >= 0.6 is 0 Å². The molecule has 0 radical (unpaired) electrons. The van der Waals surface area contributed by atoms with Crippen LogP contribution in [0.1, 0.15) is 90.9 Å². The smallest absolute Gasteiger partial charge is 0.267 e. The van der Waals surface area contributed by atoms with Crippen molar-refractivity contribution in [2.45, 2.75) is 102 Å². The van der Waals surface area contributed by atoms with Gasteiger partial charge in [0.15, 0.2) is 0 Å². The van der Waals surface area contributed by atoms with E-state index < -0.39 is 15.4 Å². The van der Waals surface area contributed by atoms with Gasteiger partial charge in [-0.15, -0.1) is 0 Å². The summed E-state index contributed by atoms with van der Waals surface area (Å²) < 4.78 is 30.5. The third-order valence-corrected chi connectivity index (χ3v) is 5.30. The lowest BCUT2D eigenvalue weighted by molar-refractivity contribution is 0.147. The fourth-order valence-corrected chi connectivity index (χ4v) is 2.91. The standard InChI is InChI=1S/C16H34O4S/c1-3-4-5-6-7-10-13-16(17)14-11-8-9-12-15(2)21(18,19)20/h15-17H,3-14H2,1-2H3,(H,18,19,20). The number of rotatable bonds is 14. The van der Waals surface area contributed by atoms with E-state index >= 15 is 0 Å². The van der Waals surface area contributed by atoms with Crippen LogP contribution in [0.2, 0.25) is 0 Å². The second kappa shape index (κ2) is 12.4. The molecule has 0 aromatic carbocycles. The van der Waals surface area contributed by atoms with Crippen molar-refractivity contribution in [1.82, 2.24) is 0 Å². The lowest BCUT2D eigenvalue weighted by Gasteiger charge is -2.11. The number of aliphatic hydroxyl groups excluding tert-OH is 1. The summed E-state index contributed by atoms with van der Waals surface area (Å²) in [6.45, 7) is 3.74. The molecule has 0 heterocycles. The maximum absolute atomic E-state index is 10.8. The van der Waals surface area contributed by atoms with Gasteiger partial charge in [-0.1, -0.05) is 64.7 Å². The first kappa shape index (κ1) is 20.9. The Morgan fingerprint density at radius 2 is 1.24 bits per heavy atom. The second-order valence-electron chi connectivity index (χ2n) is 6.17. The minimum Gasteiger partial charge on any atom is -0.393 e. The van der Waals surface area contributed by atoms with Crippen molar-refractivity contribution in [2.24, 2.45) is 0 Å². The van der Waals surface area contributed by atoms with Gasteiger partial charge in [0.25, 0.3) is 10.1 Å². The average molecular weight is 323 g/mol. The molecule has 0 fully saturated rings. The molecular formula is C16H34O4S. The summed E-state index contributed by atoms with van der Waals surface area (Å²) >= 11 is 0. The van der Waals surface area contributed by atoms with Crippen molar-refractivity contribution < 1.29 is 18.1 Å². The fraction of sp³-hybridized carbons (Fsp3) is 1.00. The van der Waals surface area contributed by atoms with Crippen LogP contribution in [-0.4, -0.2) is 29.4 Å². The Hall–Kier alpha value is -0.130. The van der Waals surface area contributed by atoms with Crippen LogP contribution in [0.3, 0.4) is 0 Å². The summed E-state index contributed by atoms with van der Waals surface area (Å²) in [6, 6.07) is 0. The van der Waals surface area contributed by atoms with Crippen LogP contribution < -0.4 is 0 Å². The van der Waals surface area contributed by atoms with E-state index in [9.17, 15) is 13.5 Å². The fourth-order valence-electron chi connectivity index (χ4n) is 2.44. The second-order valence-corrected chi connectivity index (χ2v) is 8.01. The van der Waals surface area contributed by atoms with E-state index in [2.05, 4.69) is 6.92 Å².